The third-order valence-electron chi connectivity index (χ3n) is 2.39. The molecule has 1 heterocycles. The highest BCUT2D eigenvalue weighted by atomic mass is 127. The van der Waals surface area contributed by atoms with Crippen LogP contribution in [-0.2, 0) is 0 Å². The number of amides is 1. The highest BCUT2D eigenvalue weighted by Gasteiger charge is 2.31. The number of hydrogen-bond acceptors (Lipinski definition) is 2. The lowest BCUT2D eigenvalue weighted by Crippen LogP contribution is -2.53. The van der Waals surface area contributed by atoms with E-state index in [0.29, 0.717) is 6.07 Å². The Kier molecular flexibility index (Phi) is 3.11. The summed E-state index contributed by atoms with van der Waals surface area (Å²) >= 11 is 1.70. The van der Waals surface area contributed by atoms with Gasteiger partial charge in [0.2, 0.25) is 0 Å². The number of β-amino-alcohol motifs (C(OH)–C–C–N with tert-alkyl or cyclic N) is 1. The van der Waals surface area contributed by atoms with Crippen LogP contribution in [0.25, 0.3) is 0 Å². The van der Waals surface area contributed by atoms with Gasteiger partial charge in [0.25, 0.3) is 5.91 Å². The van der Waals surface area contributed by atoms with Gasteiger partial charge < -0.3 is 10.0 Å². The fraction of sp³-hybridized carbons (Fsp3) is 0.300. The Morgan fingerprint density at radius 3 is 2.56 bits per heavy atom. The quantitative estimate of drug-likeness (QED) is 0.621. The van der Waals surface area contributed by atoms with Crippen LogP contribution in [0.3, 0.4) is 0 Å². The molecule has 0 radical (unpaired) electrons. The summed E-state index contributed by atoms with van der Waals surface area (Å²) in [5.74, 6) is -2.07. The van der Waals surface area contributed by atoms with Crippen molar-refractivity contribution in [2.45, 2.75) is 6.10 Å². The zero-order valence-electron chi connectivity index (χ0n) is 8.08. The SMILES string of the molecule is O=C(c1cc(I)c(F)cc1F)N1CC(O)C1. The Bertz CT molecular complexity index is 447. The molecule has 1 aliphatic rings. The second-order valence-corrected chi connectivity index (χ2v) is 4.77. The Labute approximate surface area is 104 Å². The highest BCUT2D eigenvalue weighted by molar-refractivity contribution is 14.1. The topological polar surface area (TPSA) is 40.5 Å². The molecular formula is C10H8F2INO2. The number of aliphatic hydroxyl groups is 1. The van der Waals surface area contributed by atoms with E-state index in [4.69, 9.17) is 5.11 Å². The van der Waals surface area contributed by atoms with E-state index < -0.39 is 23.6 Å². The monoisotopic (exact) mass is 339 g/mol. The van der Waals surface area contributed by atoms with Crippen molar-refractivity contribution in [1.29, 1.82) is 0 Å². The van der Waals surface area contributed by atoms with Crippen LogP contribution in [0, 0.1) is 15.2 Å². The van der Waals surface area contributed by atoms with Gasteiger partial charge in [-0.05, 0) is 28.7 Å². The molecule has 3 nitrogen and oxygen atoms in total. The molecule has 16 heavy (non-hydrogen) atoms. The number of halogens is 3. The molecule has 0 spiro atoms. The van der Waals surface area contributed by atoms with Gasteiger partial charge in [-0.1, -0.05) is 0 Å². The first-order chi connectivity index (χ1) is 7.49. The van der Waals surface area contributed by atoms with Crippen LogP contribution in [0.15, 0.2) is 12.1 Å². The molecule has 1 amide bonds. The molecular weight excluding hydrogens is 331 g/mol. The molecule has 0 aliphatic carbocycles. The minimum absolute atomic E-state index is 0.155. The van der Waals surface area contributed by atoms with E-state index in [1.165, 1.54) is 11.0 Å². The van der Waals surface area contributed by atoms with Crippen LogP contribution < -0.4 is 0 Å². The molecule has 0 saturated carbocycles. The molecule has 1 saturated heterocycles. The summed E-state index contributed by atoms with van der Waals surface area (Å²) in [4.78, 5) is 13.0. The van der Waals surface area contributed by atoms with Crippen LogP contribution in [0.2, 0.25) is 0 Å². The summed E-state index contributed by atoms with van der Waals surface area (Å²) in [5.41, 5.74) is -0.155. The summed E-state index contributed by atoms with van der Waals surface area (Å²) in [6.07, 6.45) is -0.536. The van der Waals surface area contributed by atoms with E-state index in [0.717, 1.165) is 0 Å². The lowest BCUT2D eigenvalue weighted by molar-refractivity contribution is 0.00557. The summed E-state index contributed by atoms with van der Waals surface area (Å²) in [5, 5.41) is 9.03. The lowest BCUT2D eigenvalue weighted by Gasteiger charge is -2.35. The zero-order chi connectivity index (χ0) is 11.9. The van der Waals surface area contributed by atoms with Crippen molar-refractivity contribution in [2.24, 2.45) is 0 Å². The lowest BCUT2D eigenvalue weighted by atomic mass is 10.1. The Balaban J connectivity index is 2.27. The molecule has 0 atom stereocenters. The molecule has 1 aromatic rings. The summed E-state index contributed by atoms with van der Waals surface area (Å²) in [7, 11) is 0. The summed E-state index contributed by atoms with van der Waals surface area (Å²) in [6, 6.07) is 1.88. The van der Waals surface area contributed by atoms with Gasteiger partial charge in [-0.2, -0.15) is 0 Å². The molecule has 86 valence electrons. The van der Waals surface area contributed by atoms with Crippen molar-refractivity contribution in [1.82, 2.24) is 4.90 Å². The first-order valence-electron chi connectivity index (χ1n) is 4.61. The maximum Gasteiger partial charge on any atom is 0.257 e. The van der Waals surface area contributed by atoms with Gasteiger partial charge in [0.15, 0.2) is 0 Å². The van der Waals surface area contributed by atoms with E-state index in [1.54, 1.807) is 22.6 Å². The minimum Gasteiger partial charge on any atom is -0.389 e. The number of aliphatic hydroxyl groups excluding tert-OH is 1. The number of carbonyl (C=O) groups excluding carboxylic acids is 1. The smallest absolute Gasteiger partial charge is 0.257 e. The van der Waals surface area contributed by atoms with Crippen molar-refractivity contribution in [3.63, 3.8) is 0 Å². The van der Waals surface area contributed by atoms with Crippen molar-refractivity contribution < 1.29 is 18.7 Å². The third kappa shape index (κ3) is 2.03. The van der Waals surface area contributed by atoms with Crippen molar-refractivity contribution in [2.75, 3.05) is 13.1 Å². The van der Waals surface area contributed by atoms with E-state index >= 15 is 0 Å². The number of nitrogens with zero attached hydrogens (tertiary/aromatic N) is 1. The molecule has 1 N–H and O–H groups in total. The van der Waals surface area contributed by atoms with Crippen LogP contribution in [0.1, 0.15) is 10.4 Å². The second kappa shape index (κ2) is 4.25. The Hall–Kier alpha value is -0.760. The van der Waals surface area contributed by atoms with Gasteiger partial charge >= 0.3 is 0 Å². The summed E-state index contributed by atoms with van der Waals surface area (Å²) < 4.78 is 26.5. The number of carbonyl (C=O) groups is 1. The fourth-order valence-electron chi connectivity index (χ4n) is 1.48. The van der Waals surface area contributed by atoms with Crippen LogP contribution >= 0.6 is 22.6 Å². The van der Waals surface area contributed by atoms with E-state index in [9.17, 15) is 13.6 Å². The van der Waals surface area contributed by atoms with Gasteiger partial charge in [-0.25, -0.2) is 8.78 Å². The predicted molar refractivity (Wildman–Crippen MR) is 61.0 cm³/mol. The zero-order valence-corrected chi connectivity index (χ0v) is 10.2. The van der Waals surface area contributed by atoms with Crippen molar-refractivity contribution in [3.8, 4) is 0 Å². The van der Waals surface area contributed by atoms with E-state index in [-0.39, 0.29) is 22.2 Å². The Morgan fingerprint density at radius 1 is 1.38 bits per heavy atom. The summed E-state index contributed by atoms with van der Waals surface area (Å²) in [6.45, 7) is 0.401. The van der Waals surface area contributed by atoms with E-state index in [1.807, 2.05) is 0 Å². The molecule has 0 unspecified atom stereocenters. The fourth-order valence-corrected chi connectivity index (χ4v) is 1.95. The maximum absolute atomic E-state index is 13.3. The highest BCUT2D eigenvalue weighted by Crippen LogP contribution is 2.20. The molecule has 1 aromatic carbocycles. The molecule has 0 bridgehead atoms. The minimum atomic E-state index is -0.871. The van der Waals surface area contributed by atoms with Gasteiger partial charge in [0.05, 0.1) is 11.7 Å². The van der Waals surface area contributed by atoms with Gasteiger partial charge in [-0.3, -0.25) is 4.79 Å². The molecule has 6 heteroatoms. The number of rotatable bonds is 1. The van der Waals surface area contributed by atoms with Crippen LogP contribution in [0.4, 0.5) is 8.78 Å². The number of benzene rings is 1. The number of likely N-dealkylation sites (tertiary alicyclic amines) is 1. The molecule has 1 fully saturated rings. The standard InChI is InChI=1S/C10H8F2INO2/c11-7-2-8(12)9(13)1-6(7)10(16)14-3-5(15)4-14/h1-2,5,15H,3-4H2. The van der Waals surface area contributed by atoms with Crippen LogP contribution in [0.5, 0.6) is 0 Å². The normalized spacial score (nSPS) is 16.1. The second-order valence-electron chi connectivity index (χ2n) is 3.61. The molecule has 1 aliphatic heterocycles. The maximum atomic E-state index is 13.3. The van der Waals surface area contributed by atoms with E-state index in [2.05, 4.69) is 0 Å². The van der Waals surface area contributed by atoms with Crippen molar-refractivity contribution in [3.05, 3.63) is 32.9 Å². The number of hydrogen-bond donors (Lipinski definition) is 1. The molecule has 2 rings (SSSR count). The third-order valence-corrected chi connectivity index (χ3v) is 3.22. The largest absolute Gasteiger partial charge is 0.389 e. The van der Waals surface area contributed by atoms with Gasteiger partial charge in [-0.15, -0.1) is 0 Å². The Morgan fingerprint density at radius 2 is 2.00 bits per heavy atom. The molecule has 0 aromatic heterocycles. The predicted octanol–water partition coefficient (Wildman–Crippen LogP) is 1.39. The van der Waals surface area contributed by atoms with Gasteiger partial charge in [0.1, 0.15) is 11.6 Å². The average Bonchev–Trinajstić information content (AvgIpc) is 2.18. The average molecular weight is 339 g/mol. The van der Waals surface area contributed by atoms with Crippen LogP contribution in [-0.4, -0.2) is 35.1 Å². The van der Waals surface area contributed by atoms with Gasteiger partial charge in [0, 0.05) is 22.7 Å². The first-order valence-corrected chi connectivity index (χ1v) is 5.69. The van der Waals surface area contributed by atoms with Crippen molar-refractivity contribution >= 4 is 28.5 Å². The first kappa shape index (κ1) is 11.7.